The van der Waals surface area contributed by atoms with Gasteiger partial charge < -0.3 is 10.1 Å². The molecule has 0 bridgehead atoms. The van der Waals surface area contributed by atoms with Crippen molar-refractivity contribution < 1.29 is 4.74 Å². The molecule has 4 heteroatoms. The zero-order valence-electron chi connectivity index (χ0n) is 14.5. The molecule has 0 saturated carbocycles. The van der Waals surface area contributed by atoms with Crippen molar-refractivity contribution in [3.63, 3.8) is 0 Å². The molecule has 0 aromatic heterocycles. The maximum atomic E-state index is 5.85. The Kier molecular flexibility index (Phi) is 6.48. The van der Waals surface area contributed by atoms with E-state index in [-0.39, 0.29) is 0 Å². The first-order valence-electron chi connectivity index (χ1n) is 8.82. The van der Waals surface area contributed by atoms with Gasteiger partial charge in [0.1, 0.15) is 0 Å². The zero-order chi connectivity index (χ0) is 15.3. The van der Waals surface area contributed by atoms with Gasteiger partial charge in [-0.15, -0.1) is 0 Å². The molecule has 2 fully saturated rings. The van der Waals surface area contributed by atoms with Crippen LogP contribution in [0.3, 0.4) is 0 Å². The van der Waals surface area contributed by atoms with Gasteiger partial charge in [-0.1, -0.05) is 20.8 Å². The molecule has 2 atom stereocenters. The van der Waals surface area contributed by atoms with Crippen molar-refractivity contribution in [2.45, 2.75) is 52.6 Å². The molecular weight excluding hydrogens is 262 g/mol. The van der Waals surface area contributed by atoms with Gasteiger partial charge >= 0.3 is 0 Å². The van der Waals surface area contributed by atoms with Crippen LogP contribution in [0.1, 0.15) is 40.5 Å². The van der Waals surface area contributed by atoms with Crippen LogP contribution in [0, 0.1) is 5.41 Å². The van der Waals surface area contributed by atoms with Crippen LogP contribution >= 0.6 is 0 Å². The number of ether oxygens (including phenoxy) is 1. The molecule has 0 amide bonds. The largest absolute Gasteiger partial charge is 0.381 e. The van der Waals surface area contributed by atoms with Crippen molar-refractivity contribution >= 4 is 0 Å². The number of rotatable bonds is 6. The maximum absolute atomic E-state index is 5.85. The highest BCUT2D eigenvalue weighted by Gasteiger charge is 2.36. The predicted octanol–water partition coefficient (Wildman–Crippen LogP) is 1.81. The summed E-state index contributed by atoms with van der Waals surface area (Å²) in [6, 6.07) is 1.24. The van der Waals surface area contributed by atoms with Crippen LogP contribution in [0.25, 0.3) is 0 Å². The maximum Gasteiger partial charge on any atom is 0.0546 e. The summed E-state index contributed by atoms with van der Waals surface area (Å²) < 4.78 is 5.85. The molecular formula is C17H35N3O. The van der Waals surface area contributed by atoms with E-state index in [0.29, 0.717) is 17.5 Å². The molecule has 1 N–H and O–H groups in total. The summed E-state index contributed by atoms with van der Waals surface area (Å²) in [5, 5.41) is 3.66. The Balaban J connectivity index is 1.92. The van der Waals surface area contributed by atoms with E-state index in [0.717, 1.165) is 19.8 Å². The molecule has 0 radical (unpaired) electrons. The van der Waals surface area contributed by atoms with Gasteiger partial charge in [-0.2, -0.15) is 0 Å². The average Bonchev–Trinajstić information content (AvgIpc) is 2.46. The summed E-state index contributed by atoms with van der Waals surface area (Å²) in [6.45, 7) is 18.1. The fourth-order valence-corrected chi connectivity index (χ4v) is 3.81. The second-order valence-electron chi connectivity index (χ2n) is 7.40. The van der Waals surface area contributed by atoms with Gasteiger partial charge in [0.15, 0.2) is 0 Å². The Labute approximate surface area is 131 Å². The van der Waals surface area contributed by atoms with Crippen LogP contribution in [0.4, 0.5) is 0 Å². The highest BCUT2D eigenvalue weighted by atomic mass is 16.5. The second kappa shape index (κ2) is 7.91. The van der Waals surface area contributed by atoms with E-state index < -0.39 is 0 Å². The lowest BCUT2D eigenvalue weighted by Crippen LogP contribution is -2.57. The first kappa shape index (κ1) is 17.2. The Hall–Kier alpha value is -0.160. The van der Waals surface area contributed by atoms with Crippen molar-refractivity contribution in [3.05, 3.63) is 0 Å². The summed E-state index contributed by atoms with van der Waals surface area (Å²) >= 11 is 0. The summed E-state index contributed by atoms with van der Waals surface area (Å²) in [5.74, 6) is 0. The number of hydrogen-bond donors (Lipinski definition) is 1. The molecule has 2 aliphatic heterocycles. The Morgan fingerprint density at radius 3 is 2.71 bits per heavy atom. The van der Waals surface area contributed by atoms with E-state index in [2.05, 4.69) is 42.8 Å². The summed E-state index contributed by atoms with van der Waals surface area (Å²) in [5.41, 5.74) is 0.316. The van der Waals surface area contributed by atoms with Crippen LogP contribution in [0.2, 0.25) is 0 Å². The van der Waals surface area contributed by atoms with Crippen molar-refractivity contribution in [2.24, 2.45) is 5.41 Å². The second-order valence-corrected chi connectivity index (χ2v) is 7.40. The minimum Gasteiger partial charge on any atom is -0.381 e. The number of nitrogens with one attached hydrogen (secondary N) is 1. The van der Waals surface area contributed by atoms with Gasteiger partial charge in [-0.05, 0) is 26.3 Å². The Bertz CT molecular complexity index is 302. The number of nitrogens with zero attached hydrogens (tertiary/aromatic N) is 2. The smallest absolute Gasteiger partial charge is 0.0546 e. The molecule has 0 aromatic carbocycles. The van der Waals surface area contributed by atoms with Crippen LogP contribution in [0.15, 0.2) is 0 Å². The van der Waals surface area contributed by atoms with Crippen molar-refractivity contribution in [2.75, 3.05) is 52.5 Å². The normalized spacial score (nSPS) is 32.7. The minimum atomic E-state index is 0.316. The first-order chi connectivity index (χ1) is 10.0. The van der Waals surface area contributed by atoms with Gasteiger partial charge in [0.05, 0.1) is 6.61 Å². The van der Waals surface area contributed by atoms with Gasteiger partial charge in [-0.25, -0.2) is 0 Å². The van der Waals surface area contributed by atoms with E-state index >= 15 is 0 Å². The predicted molar refractivity (Wildman–Crippen MR) is 88.8 cm³/mol. The minimum absolute atomic E-state index is 0.316. The van der Waals surface area contributed by atoms with Crippen molar-refractivity contribution in [1.29, 1.82) is 0 Å². The van der Waals surface area contributed by atoms with Crippen LogP contribution in [0.5, 0.6) is 0 Å². The number of likely N-dealkylation sites (N-methyl/N-ethyl adjacent to an activating group) is 1. The number of piperazine rings is 1. The fourth-order valence-electron chi connectivity index (χ4n) is 3.81. The van der Waals surface area contributed by atoms with Crippen LogP contribution < -0.4 is 5.32 Å². The van der Waals surface area contributed by atoms with Gasteiger partial charge in [0.2, 0.25) is 0 Å². The highest BCUT2D eigenvalue weighted by Crippen LogP contribution is 2.30. The SMILES string of the molecule is CCN1CCN(CC2(CNC(C)C)CCCOC2)CC1C. The standard InChI is InChI=1S/C17H35N3O/c1-5-20-9-8-19(11-16(20)4)13-17(12-18-15(2)3)7-6-10-21-14-17/h15-16,18H,5-14H2,1-4H3. The van der Waals surface area contributed by atoms with E-state index in [1.807, 2.05) is 0 Å². The lowest BCUT2D eigenvalue weighted by Gasteiger charge is -2.46. The summed E-state index contributed by atoms with van der Waals surface area (Å²) in [7, 11) is 0. The molecule has 0 aliphatic carbocycles. The topological polar surface area (TPSA) is 27.7 Å². The molecule has 21 heavy (non-hydrogen) atoms. The van der Waals surface area contributed by atoms with Gasteiger partial charge in [0, 0.05) is 56.8 Å². The molecule has 124 valence electrons. The molecule has 2 saturated heterocycles. The first-order valence-corrected chi connectivity index (χ1v) is 8.82. The molecule has 0 aromatic rings. The van der Waals surface area contributed by atoms with E-state index in [9.17, 15) is 0 Å². The van der Waals surface area contributed by atoms with Gasteiger partial charge in [0.25, 0.3) is 0 Å². The Morgan fingerprint density at radius 1 is 1.33 bits per heavy atom. The van der Waals surface area contributed by atoms with Crippen LogP contribution in [-0.2, 0) is 4.74 Å². The van der Waals surface area contributed by atoms with E-state index in [4.69, 9.17) is 4.74 Å². The van der Waals surface area contributed by atoms with Gasteiger partial charge in [-0.3, -0.25) is 9.80 Å². The monoisotopic (exact) mass is 297 g/mol. The molecule has 2 aliphatic rings. The molecule has 0 spiro atoms. The number of hydrogen-bond acceptors (Lipinski definition) is 4. The zero-order valence-corrected chi connectivity index (χ0v) is 14.5. The third-order valence-electron chi connectivity index (χ3n) is 5.10. The molecule has 4 nitrogen and oxygen atoms in total. The van der Waals surface area contributed by atoms with E-state index in [1.165, 1.54) is 45.6 Å². The summed E-state index contributed by atoms with van der Waals surface area (Å²) in [4.78, 5) is 5.26. The van der Waals surface area contributed by atoms with Crippen molar-refractivity contribution in [1.82, 2.24) is 15.1 Å². The average molecular weight is 297 g/mol. The lowest BCUT2D eigenvalue weighted by molar-refractivity contribution is -0.0384. The third-order valence-corrected chi connectivity index (χ3v) is 5.10. The lowest BCUT2D eigenvalue weighted by atomic mass is 9.81. The molecule has 2 unspecified atom stereocenters. The third kappa shape index (κ3) is 4.92. The molecule has 2 rings (SSSR count). The Morgan fingerprint density at radius 2 is 2.14 bits per heavy atom. The van der Waals surface area contributed by atoms with Crippen molar-refractivity contribution in [3.8, 4) is 0 Å². The van der Waals surface area contributed by atoms with E-state index in [1.54, 1.807) is 0 Å². The highest BCUT2D eigenvalue weighted by molar-refractivity contribution is 4.90. The quantitative estimate of drug-likeness (QED) is 0.809. The summed E-state index contributed by atoms with van der Waals surface area (Å²) in [6.07, 6.45) is 2.51. The van der Waals surface area contributed by atoms with Crippen LogP contribution in [-0.4, -0.2) is 74.4 Å². The molecule has 2 heterocycles. The fraction of sp³-hybridized carbons (Fsp3) is 1.00.